The predicted molar refractivity (Wildman–Crippen MR) is 95.6 cm³/mol. The summed E-state index contributed by atoms with van der Waals surface area (Å²) in [5.74, 6) is 2.10. The van der Waals surface area contributed by atoms with Crippen LogP contribution in [0.1, 0.15) is 5.56 Å². The number of hydrogen-bond acceptors (Lipinski definition) is 5. The summed E-state index contributed by atoms with van der Waals surface area (Å²) in [6.45, 7) is 1.23. The summed E-state index contributed by atoms with van der Waals surface area (Å²) in [5, 5.41) is 3.40. The van der Waals surface area contributed by atoms with E-state index >= 15 is 0 Å². The molecule has 2 aromatic rings. The van der Waals surface area contributed by atoms with Crippen molar-refractivity contribution in [2.75, 3.05) is 18.9 Å². The molecule has 0 fully saturated rings. The van der Waals surface area contributed by atoms with E-state index in [1.54, 1.807) is 23.9 Å². The zero-order valence-electron chi connectivity index (χ0n) is 13.1. The Hall–Kier alpha value is -2.47. The minimum atomic E-state index is -0.201. The number of amides is 1. The molecule has 0 unspecified atom stereocenters. The maximum Gasteiger partial charge on any atom is 0.263 e. The average molecular weight is 342 g/mol. The Morgan fingerprint density at radius 1 is 1.04 bits per heavy atom. The van der Waals surface area contributed by atoms with Gasteiger partial charge in [0.25, 0.3) is 5.91 Å². The van der Waals surface area contributed by atoms with Gasteiger partial charge in [-0.1, -0.05) is 42.1 Å². The molecule has 0 aliphatic carbocycles. The zero-order chi connectivity index (χ0) is 16.6. The molecule has 0 spiro atoms. The highest BCUT2D eigenvalue weighted by molar-refractivity contribution is 8.14. The molecule has 0 aromatic heterocycles. The molecule has 2 aromatic carbocycles. The fraction of sp³-hybridized carbons (Fsp3) is 0.222. The number of hydrogen-bond donors (Lipinski definition) is 1. The number of carbonyl (C=O) groups is 1. The standard InChI is InChI=1S/C18H18N2O3S/c21-17(20-18-19-10-11-24-18)13-23-16-8-6-15(7-9-16)22-12-14-4-2-1-3-5-14/h1-9H,10-13H2,(H,19,20,21). The highest BCUT2D eigenvalue weighted by Gasteiger charge is 2.11. The first-order valence-electron chi connectivity index (χ1n) is 7.66. The molecule has 1 N–H and O–H groups in total. The highest BCUT2D eigenvalue weighted by Crippen LogP contribution is 2.18. The second-order valence-corrected chi connectivity index (χ2v) is 6.20. The fourth-order valence-electron chi connectivity index (χ4n) is 2.09. The van der Waals surface area contributed by atoms with E-state index in [0.29, 0.717) is 17.5 Å². The molecule has 3 rings (SSSR count). The first-order chi connectivity index (χ1) is 11.8. The molecule has 1 aliphatic rings. The minimum Gasteiger partial charge on any atom is -0.489 e. The number of ether oxygens (including phenoxy) is 2. The Morgan fingerprint density at radius 3 is 2.42 bits per heavy atom. The lowest BCUT2D eigenvalue weighted by atomic mass is 10.2. The van der Waals surface area contributed by atoms with E-state index in [-0.39, 0.29) is 12.5 Å². The molecule has 0 bridgehead atoms. The first kappa shape index (κ1) is 16.4. The molecule has 24 heavy (non-hydrogen) atoms. The van der Waals surface area contributed by atoms with Gasteiger partial charge in [-0.25, -0.2) is 0 Å². The van der Waals surface area contributed by atoms with Crippen molar-refractivity contribution in [1.29, 1.82) is 0 Å². The van der Waals surface area contributed by atoms with Crippen LogP contribution in [0, 0.1) is 0 Å². The third kappa shape index (κ3) is 5.03. The van der Waals surface area contributed by atoms with Crippen molar-refractivity contribution in [3.63, 3.8) is 0 Å². The van der Waals surface area contributed by atoms with Crippen molar-refractivity contribution in [1.82, 2.24) is 5.32 Å². The van der Waals surface area contributed by atoms with Gasteiger partial charge < -0.3 is 14.8 Å². The number of nitrogens with zero attached hydrogens (tertiary/aromatic N) is 1. The van der Waals surface area contributed by atoms with Crippen molar-refractivity contribution in [2.45, 2.75) is 6.61 Å². The van der Waals surface area contributed by atoms with Crippen LogP contribution < -0.4 is 14.8 Å². The van der Waals surface area contributed by atoms with Crippen LogP contribution >= 0.6 is 11.8 Å². The predicted octanol–water partition coefficient (Wildman–Crippen LogP) is 2.86. The van der Waals surface area contributed by atoms with E-state index < -0.39 is 0 Å². The molecule has 0 radical (unpaired) electrons. The Kier molecular flexibility index (Phi) is 5.74. The smallest absolute Gasteiger partial charge is 0.263 e. The molecule has 5 nitrogen and oxygen atoms in total. The minimum absolute atomic E-state index is 0.0379. The van der Waals surface area contributed by atoms with Gasteiger partial charge in [-0.15, -0.1) is 0 Å². The van der Waals surface area contributed by atoms with Crippen molar-refractivity contribution >= 4 is 22.8 Å². The summed E-state index contributed by atoms with van der Waals surface area (Å²) in [7, 11) is 0. The molecular formula is C18H18N2O3S. The van der Waals surface area contributed by atoms with Gasteiger partial charge in [-0.2, -0.15) is 0 Å². The van der Waals surface area contributed by atoms with E-state index in [1.807, 2.05) is 42.5 Å². The van der Waals surface area contributed by atoms with Crippen LogP contribution in [-0.4, -0.2) is 30.0 Å². The summed E-state index contributed by atoms with van der Waals surface area (Å²) < 4.78 is 11.2. The molecular weight excluding hydrogens is 324 g/mol. The van der Waals surface area contributed by atoms with Crippen LogP contribution in [0.25, 0.3) is 0 Å². The monoisotopic (exact) mass is 342 g/mol. The third-order valence-corrected chi connectivity index (χ3v) is 4.17. The number of benzene rings is 2. The van der Waals surface area contributed by atoms with E-state index in [0.717, 1.165) is 23.6 Å². The van der Waals surface area contributed by atoms with E-state index in [2.05, 4.69) is 10.3 Å². The molecule has 124 valence electrons. The molecule has 1 heterocycles. The van der Waals surface area contributed by atoms with Crippen molar-refractivity contribution < 1.29 is 14.3 Å². The Labute approximate surface area is 145 Å². The Balaban J connectivity index is 1.43. The second-order valence-electron chi connectivity index (χ2n) is 5.12. The van der Waals surface area contributed by atoms with Gasteiger partial charge in [0.05, 0.1) is 6.54 Å². The highest BCUT2D eigenvalue weighted by atomic mass is 32.2. The summed E-state index contributed by atoms with van der Waals surface area (Å²) in [6.07, 6.45) is 0. The summed E-state index contributed by atoms with van der Waals surface area (Å²) in [5.41, 5.74) is 1.11. The van der Waals surface area contributed by atoms with Crippen LogP contribution in [0.15, 0.2) is 59.6 Å². The first-order valence-corrected chi connectivity index (χ1v) is 8.65. The number of carbonyl (C=O) groups excluding carboxylic acids is 1. The number of amidine groups is 1. The van der Waals surface area contributed by atoms with Crippen LogP contribution in [0.3, 0.4) is 0 Å². The normalized spacial score (nSPS) is 13.2. The summed E-state index contributed by atoms with van der Waals surface area (Å²) in [6, 6.07) is 17.2. The third-order valence-electron chi connectivity index (χ3n) is 3.27. The molecule has 0 atom stereocenters. The van der Waals surface area contributed by atoms with Crippen molar-refractivity contribution in [3.8, 4) is 11.5 Å². The molecule has 1 aliphatic heterocycles. The van der Waals surface area contributed by atoms with Crippen LogP contribution in [-0.2, 0) is 11.4 Å². The van der Waals surface area contributed by atoms with Crippen molar-refractivity contribution in [2.24, 2.45) is 4.99 Å². The lowest BCUT2D eigenvalue weighted by molar-refractivity contribution is -0.121. The molecule has 0 saturated carbocycles. The van der Waals surface area contributed by atoms with E-state index in [9.17, 15) is 4.79 Å². The van der Waals surface area contributed by atoms with Crippen molar-refractivity contribution in [3.05, 3.63) is 60.2 Å². The molecule has 0 saturated heterocycles. The van der Waals surface area contributed by atoms with Crippen LogP contribution in [0.5, 0.6) is 11.5 Å². The maximum atomic E-state index is 11.7. The van der Waals surface area contributed by atoms with Gasteiger partial charge in [0.1, 0.15) is 18.1 Å². The Bertz CT molecular complexity index is 702. The molecule has 1 amide bonds. The van der Waals surface area contributed by atoms with Gasteiger partial charge in [0.15, 0.2) is 11.8 Å². The fourth-order valence-corrected chi connectivity index (χ4v) is 2.83. The topological polar surface area (TPSA) is 59.9 Å². The lowest BCUT2D eigenvalue weighted by Gasteiger charge is -2.09. The second kappa shape index (κ2) is 8.40. The largest absolute Gasteiger partial charge is 0.489 e. The average Bonchev–Trinajstić information content (AvgIpc) is 3.13. The van der Waals surface area contributed by atoms with Gasteiger partial charge in [-0.3, -0.25) is 9.79 Å². The summed E-state index contributed by atoms with van der Waals surface area (Å²) in [4.78, 5) is 15.9. The van der Waals surface area contributed by atoms with Gasteiger partial charge in [0, 0.05) is 5.75 Å². The van der Waals surface area contributed by atoms with Gasteiger partial charge >= 0.3 is 0 Å². The number of aliphatic imine (C=N–C) groups is 1. The quantitative estimate of drug-likeness (QED) is 0.877. The Morgan fingerprint density at radius 2 is 1.75 bits per heavy atom. The lowest BCUT2D eigenvalue weighted by Crippen LogP contribution is -2.31. The number of nitrogens with one attached hydrogen (secondary N) is 1. The SMILES string of the molecule is O=C(COc1ccc(OCc2ccccc2)cc1)NC1=NCCS1. The number of rotatable bonds is 6. The zero-order valence-corrected chi connectivity index (χ0v) is 13.9. The van der Waals surface area contributed by atoms with Crippen LogP contribution in [0.2, 0.25) is 0 Å². The van der Waals surface area contributed by atoms with E-state index in [4.69, 9.17) is 9.47 Å². The number of thioether (sulfide) groups is 1. The summed E-state index contributed by atoms with van der Waals surface area (Å²) >= 11 is 1.54. The van der Waals surface area contributed by atoms with Gasteiger partial charge in [-0.05, 0) is 29.8 Å². The van der Waals surface area contributed by atoms with Crippen LogP contribution in [0.4, 0.5) is 0 Å². The van der Waals surface area contributed by atoms with Gasteiger partial charge in [0.2, 0.25) is 0 Å². The van der Waals surface area contributed by atoms with E-state index in [1.165, 1.54) is 0 Å². The maximum absolute atomic E-state index is 11.7. The molecule has 6 heteroatoms.